The van der Waals surface area contributed by atoms with Crippen LogP contribution in [-0.4, -0.2) is 24.5 Å². The summed E-state index contributed by atoms with van der Waals surface area (Å²) >= 11 is 0. The van der Waals surface area contributed by atoms with E-state index in [2.05, 4.69) is 5.92 Å². The first-order chi connectivity index (χ1) is 14.5. The van der Waals surface area contributed by atoms with E-state index in [1.165, 1.54) is 13.2 Å². The molecule has 0 spiro atoms. The molecular formula is C26H26O4. The molecule has 3 rings (SSSR count). The van der Waals surface area contributed by atoms with Crippen LogP contribution in [0, 0.1) is 18.3 Å². The largest absolute Gasteiger partial charge is 0.501 e. The third-order valence-electron chi connectivity index (χ3n) is 5.51. The normalized spacial score (nSPS) is 16.1. The fourth-order valence-corrected chi connectivity index (χ4v) is 3.81. The minimum atomic E-state index is -0.331. The van der Waals surface area contributed by atoms with Crippen LogP contribution in [-0.2, 0) is 20.7 Å². The summed E-state index contributed by atoms with van der Waals surface area (Å²) in [5, 5.41) is 1.96. The summed E-state index contributed by atoms with van der Waals surface area (Å²) in [5.41, 5.74) is 1.61. The van der Waals surface area contributed by atoms with E-state index >= 15 is 0 Å². The maximum atomic E-state index is 12.7. The van der Waals surface area contributed by atoms with Crippen molar-refractivity contribution < 1.29 is 19.1 Å². The summed E-state index contributed by atoms with van der Waals surface area (Å²) in [5.74, 6) is 2.93. The molecule has 0 saturated heterocycles. The molecule has 4 heteroatoms. The zero-order chi connectivity index (χ0) is 21.5. The van der Waals surface area contributed by atoms with Gasteiger partial charge in [-0.3, -0.25) is 14.4 Å². The summed E-state index contributed by atoms with van der Waals surface area (Å²) in [6.45, 7) is 0. The van der Waals surface area contributed by atoms with Gasteiger partial charge < -0.3 is 4.74 Å². The topological polar surface area (TPSA) is 60.4 Å². The van der Waals surface area contributed by atoms with Gasteiger partial charge in [0.05, 0.1) is 12.9 Å². The molecule has 1 atom stereocenters. The number of hydrogen-bond donors (Lipinski definition) is 0. The number of ether oxygens (including phenoxy) is 1. The lowest BCUT2D eigenvalue weighted by atomic mass is 9.86. The Kier molecular flexibility index (Phi) is 7.19. The van der Waals surface area contributed by atoms with Gasteiger partial charge in [-0.05, 0) is 35.2 Å². The number of carbonyl (C=O) groups excluding carboxylic acids is 3. The second-order valence-electron chi connectivity index (χ2n) is 7.76. The second-order valence-corrected chi connectivity index (χ2v) is 7.76. The van der Waals surface area contributed by atoms with E-state index in [4.69, 9.17) is 11.2 Å². The molecule has 0 aliphatic heterocycles. The van der Waals surface area contributed by atoms with Crippen LogP contribution in [0.4, 0.5) is 0 Å². The fraction of sp³-hybridized carbons (Fsp3) is 0.346. The Bertz CT molecular complexity index is 1040. The van der Waals surface area contributed by atoms with Crippen molar-refractivity contribution in [3.63, 3.8) is 0 Å². The number of fused-ring (bicyclic) bond motifs is 1. The molecule has 30 heavy (non-hydrogen) atoms. The molecule has 2 aromatic carbocycles. The Balaban J connectivity index is 1.66. The number of hydrogen-bond acceptors (Lipinski definition) is 4. The van der Waals surface area contributed by atoms with Crippen LogP contribution in [0.25, 0.3) is 10.8 Å². The highest BCUT2D eigenvalue weighted by atomic mass is 16.5. The van der Waals surface area contributed by atoms with Crippen LogP contribution in [0.2, 0.25) is 0 Å². The molecular weight excluding hydrogens is 376 g/mol. The summed E-state index contributed by atoms with van der Waals surface area (Å²) in [6, 6.07) is 11.5. The van der Waals surface area contributed by atoms with Crippen LogP contribution >= 0.6 is 0 Å². The standard InChI is InChI=1S/C26H26O4/c1-3-4-5-6-7-25(28)21-11-10-19-12-18(8-9-20(19)14-21)13-26(29)22-15-23(27)17-24(16-22)30-2/h1,8-12,14,17,22H,4-7,13,15-16H2,2H3. The monoisotopic (exact) mass is 402 g/mol. The zero-order valence-corrected chi connectivity index (χ0v) is 17.3. The van der Waals surface area contributed by atoms with Gasteiger partial charge >= 0.3 is 0 Å². The minimum Gasteiger partial charge on any atom is -0.501 e. The number of rotatable bonds is 9. The zero-order valence-electron chi connectivity index (χ0n) is 17.3. The molecule has 1 aliphatic carbocycles. The third kappa shape index (κ3) is 5.45. The molecule has 0 aromatic heterocycles. The summed E-state index contributed by atoms with van der Waals surface area (Å²) in [6.07, 6.45) is 10.6. The van der Waals surface area contributed by atoms with E-state index in [-0.39, 0.29) is 36.1 Å². The van der Waals surface area contributed by atoms with E-state index in [0.29, 0.717) is 30.6 Å². The molecule has 1 unspecified atom stereocenters. The predicted molar refractivity (Wildman–Crippen MR) is 117 cm³/mol. The van der Waals surface area contributed by atoms with Crippen molar-refractivity contribution in [1.82, 2.24) is 0 Å². The fourth-order valence-electron chi connectivity index (χ4n) is 3.81. The highest BCUT2D eigenvalue weighted by Crippen LogP contribution is 2.26. The van der Waals surface area contributed by atoms with Crippen LogP contribution in [0.15, 0.2) is 48.2 Å². The molecule has 0 heterocycles. The molecule has 2 aromatic rings. The molecule has 0 N–H and O–H groups in total. The van der Waals surface area contributed by atoms with Gasteiger partial charge in [0.2, 0.25) is 0 Å². The number of Topliss-reactive ketones (excluding diaryl/α,β-unsaturated/α-hetero) is 2. The van der Waals surface area contributed by atoms with Crippen molar-refractivity contribution in [2.45, 2.75) is 44.9 Å². The molecule has 0 radical (unpaired) electrons. The highest BCUT2D eigenvalue weighted by molar-refractivity contribution is 6.00. The van der Waals surface area contributed by atoms with Crippen LogP contribution in [0.1, 0.15) is 54.4 Å². The molecule has 154 valence electrons. The Morgan fingerprint density at radius 3 is 2.63 bits per heavy atom. The van der Waals surface area contributed by atoms with E-state index < -0.39 is 0 Å². The van der Waals surface area contributed by atoms with Crippen molar-refractivity contribution in [3.8, 4) is 12.3 Å². The number of terminal acetylenes is 1. The first kappa shape index (κ1) is 21.5. The lowest BCUT2D eigenvalue weighted by Crippen LogP contribution is -2.24. The Hall–Kier alpha value is -3.19. The van der Waals surface area contributed by atoms with Crippen molar-refractivity contribution >= 4 is 28.1 Å². The molecule has 0 bridgehead atoms. The first-order valence-corrected chi connectivity index (χ1v) is 10.3. The van der Waals surface area contributed by atoms with Gasteiger partial charge in [0.15, 0.2) is 11.6 Å². The van der Waals surface area contributed by atoms with E-state index in [0.717, 1.165) is 29.2 Å². The summed E-state index contributed by atoms with van der Waals surface area (Å²) < 4.78 is 5.17. The molecule has 4 nitrogen and oxygen atoms in total. The van der Waals surface area contributed by atoms with E-state index in [1.807, 2.05) is 36.4 Å². The summed E-state index contributed by atoms with van der Waals surface area (Å²) in [4.78, 5) is 36.9. The third-order valence-corrected chi connectivity index (χ3v) is 5.51. The average Bonchev–Trinajstić information content (AvgIpc) is 2.75. The van der Waals surface area contributed by atoms with Gasteiger partial charge in [-0.15, -0.1) is 12.3 Å². The average molecular weight is 402 g/mol. The maximum absolute atomic E-state index is 12.7. The minimum absolute atomic E-state index is 0.0455. The van der Waals surface area contributed by atoms with Crippen LogP contribution < -0.4 is 0 Å². The smallest absolute Gasteiger partial charge is 0.162 e. The van der Waals surface area contributed by atoms with Crippen molar-refractivity contribution in [2.75, 3.05) is 7.11 Å². The van der Waals surface area contributed by atoms with Crippen LogP contribution in [0.3, 0.4) is 0 Å². The van der Waals surface area contributed by atoms with Crippen molar-refractivity contribution in [2.24, 2.45) is 5.92 Å². The number of benzene rings is 2. The lowest BCUT2D eigenvalue weighted by Gasteiger charge is -2.20. The number of methoxy groups -OCH3 is 1. The maximum Gasteiger partial charge on any atom is 0.162 e. The lowest BCUT2D eigenvalue weighted by molar-refractivity contribution is -0.126. The second kappa shape index (κ2) is 10.0. The summed E-state index contributed by atoms with van der Waals surface area (Å²) in [7, 11) is 1.52. The van der Waals surface area contributed by atoms with Gasteiger partial charge in [-0.25, -0.2) is 0 Å². The van der Waals surface area contributed by atoms with Gasteiger partial charge in [0, 0.05) is 49.7 Å². The first-order valence-electron chi connectivity index (χ1n) is 10.3. The highest BCUT2D eigenvalue weighted by Gasteiger charge is 2.27. The predicted octanol–water partition coefficient (Wildman–Crippen LogP) is 4.84. The van der Waals surface area contributed by atoms with E-state index in [1.54, 1.807) is 0 Å². The number of ketones is 3. The van der Waals surface area contributed by atoms with Crippen molar-refractivity contribution in [3.05, 3.63) is 59.4 Å². The van der Waals surface area contributed by atoms with E-state index in [9.17, 15) is 14.4 Å². The van der Waals surface area contributed by atoms with Crippen LogP contribution in [0.5, 0.6) is 0 Å². The van der Waals surface area contributed by atoms with Crippen molar-refractivity contribution in [1.29, 1.82) is 0 Å². The van der Waals surface area contributed by atoms with Gasteiger partial charge in [0.25, 0.3) is 0 Å². The Morgan fingerprint density at radius 1 is 1.10 bits per heavy atom. The van der Waals surface area contributed by atoms with Gasteiger partial charge in [-0.2, -0.15) is 0 Å². The Labute approximate surface area is 177 Å². The molecule has 1 aliphatic rings. The molecule has 0 saturated carbocycles. The number of unbranched alkanes of at least 4 members (excludes halogenated alkanes) is 2. The SMILES string of the molecule is C#CCCCCC(=O)c1ccc2cc(CC(=O)C3CC(=O)C=C(OC)C3)ccc2c1. The van der Waals surface area contributed by atoms with Gasteiger partial charge in [0.1, 0.15) is 5.78 Å². The Morgan fingerprint density at radius 2 is 1.87 bits per heavy atom. The molecule has 0 fully saturated rings. The molecule has 0 amide bonds. The number of carbonyl (C=O) groups is 3. The quantitative estimate of drug-likeness (QED) is 0.342. The number of allylic oxidation sites excluding steroid dienone is 2. The van der Waals surface area contributed by atoms with Gasteiger partial charge in [-0.1, -0.05) is 30.3 Å².